The first-order chi connectivity index (χ1) is 6.40. The van der Waals surface area contributed by atoms with Crippen LogP contribution in [0.25, 0.3) is 11.3 Å². The van der Waals surface area contributed by atoms with Crippen LogP contribution in [0.3, 0.4) is 0 Å². The normalized spacial score (nSPS) is 9.92. The average Bonchev–Trinajstić information content (AvgIpc) is 2.71. The summed E-state index contributed by atoms with van der Waals surface area (Å²) in [6.45, 7) is 0. The van der Waals surface area contributed by atoms with Gasteiger partial charge < -0.3 is 9.72 Å². The van der Waals surface area contributed by atoms with E-state index in [9.17, 15) is 0 Å². The van der Waals surface area contributed by atoms with Crippen molar-refractivity contribution in [3.63, 3.8) is 0 Å². The number of nitrogens with one attached hydrogen (secondary N) is 1. The molecule has 0 atom stereocenters. The Hall–Kier alpha value is -1.70. The van der Waals surface area contributed by atoms with E-state index >= 15 is 0 Å². The number of aromatic nitrogens is 1. The van der Waals surface area contributed by atoms with Crippen molar-refractivity contribution in [2.45, 2.75) is 0 Å². The molecule has 1 heterocycles. The second kappa shape index (κ2) is 3.35. The van der Waals surface area contributed by atoms with Gasteiger partial charge in [0.05, 0.1) is 0 Å². The highest BCUT2D eigenvalue weighted by Gasteiger charge is 1.98. The van der Waals surface area contributed by atoms with E-state index in [0.29, 0.717) is 0 Å². The van der Waals surface area contributed by atoms with Crippen molar-refractivity contribution in [3.05, 3.63) is 49.7 Å². The van der Waals surface area contributed by atoms with Crippen LogP contribution in [0.1, 0.15) is 0 Å². The largest absolute Gasteiger partial charge is 0.490 e. The highest BCUT2D eigenvalue weighted by molar-refractivity contribution is 5.61. The predicted octanol–water partition coefficient (Wildman–Crippen LogP) is 2.85. The molecule has 1 aromatic carbocycles. The molecule has 0 unspecified atom stereocenters. The van der Waals surface area contributed by atoms with E-state index in [1.165, 1.54) is 0 Å². The summed E-state index contributed by atoms with van der Waals surface area (Å²) < 4.78 is 4.89. The average molecular weight is 172 g/mol. The molecule has 2 nitrogen and oxygen atoms in total. The third-order valence-corrected chi connectivity index (χ3v) is 1.91. The van der Waals surface area contributed by atoms with Gasteiger partial charge >= 0.3 is 0 Å². The van der Waals surface area contributed by atoms with Gasteiger partial charge in [-0.1, -0.05) is 12.1 Å². The monoisotopic (exact) mass is 172 g/mol. The third kappa shape index (κ3) is 1.56. The van der Waals surface area contributed by atoms with Crippen molar-refractivity contribution < 1.29 is 4.74 Å². The molecule has 0 aliphatic heterocycles. The van der Waals surface area contributed by atoms with Crippen LogP contribution >= 0.6 is 0 Å². The minimum Gasteiger partial charge on any atom is -0.490 e. The van der Waals surface area contributed by atoms with Crippen LogP contribution in [0.4, 0.5) is 0 Å². The lowest BCUT2D eigenvalue weighted by molar-refractivity contribution is 0.473. The van der Waals surface area contributed by atoms with E-state index in [1.807, 2.05) is 42.6 Å². The van der Waals surface area contributed by atoms with Crippen LogP contribution in [-0.2, 0) is 0 Å². The molecule has 65 valence electrons. The van der Waals surface area contributed by atoms with Gasteiger partial charge in [-0.2, -0.15) is 0 Å². The van der Waals surface area contributed by atoms with Crippen molar-refractivity contribution >= 4 is 0 Å². The Morgan fingerprint density at radius 3 is 2.77 bits per heavy atom. The molecule has 1 radical (unpaired) electrons. The van der Waals surface area contributed by atoms with Gasteiger partial charge in [-0.15, -0.1) is 0 Å². The lowest BCUT2D eigenvalue weighted by atomic mass is 10.1. The van der Waals surface area contributed by atoms with Crippen molar-refractivity contribution in [1.82, 2.24) is 4.98 Å². The molecule has 13 heavy (non-hydrogen) atoms. The Morgan fingerprint density at radius 2 is 2.08 bits per heavy atom. The first kappa shape index (κ1) is 7.92. The fourth-order valence-electron chi connectivity index (χ4n) is 1.26. The third-order valence-electron chi connectivity index (χ3n) is 1.91. The molecule has 0 fully saturated rings. The summed E-state index contributed by atoms with van der Waals surface area (Å²) in [6, 6.07) is 11.8. The molecule has 0 amide bonds. The minimum atomic E-state index is 0.770. The van der Waals surface area contributed by atoms with Gasteiger partial charge in [-0.05, 0) is 24.3 Å². The number of rotatable bonds is 2. The molecular weight excluding hydrogens is 162 g/mol. The Labute approximate surface area is 77.2 Å². The molecule has 1 aromatic heterocycles. The van der Waals surface area contributed by atoms with E-state index in [2.05, 4.69) is 12.1 Å². The van der Waals surface area contributed by atoms with Crippen LogP contribution < -0.4 is 4.74 Å². The zero-order valence-corrected chi connectivity index (χ0v) is 7.16. The van der Waals surface area contributed by atoms with Crippen molar-refractivity contribution in [3.8, 4) is 17.0 Å². The summed E-state index contributed by atoms with van der Waals surface area (Å²) in [5.74, 6) is 0.770. The van der Waals surface area contributed by atoms with Gasteiger partial charge in [0.1, 0.15) is 12.9 Å². The van der Waals surface area contributed by atoms with Crippen LogP contribution in [0.15, 0.2) is 42.6 Å². The fraction of sp³-hybridized carbons (Fsp3) is 0. The lowest BCUT2D eigenvalue weighted by Crippen LogP contribution is -1.81. The van der Waals surface area contributed by atoms with Gasteiger partial charge in [0.25, 0.3) is 0 Å². The molecule has 2 rings (SSSR count). The van der Waals surface area contributed by atoms with Crippen molar-refractivity contribution in [2.75, 3.05) is 0 Å². The second-order valence-corrected chi connectivity index (χ2v) is 2.76. The summed E-state index contributed by atoms with van der Waals surface area (Å²) in [5.41, 5.74) is 2.19. The molecular formula is C11H10NO. The minimum absolute atomic E-state index is 0.770. The molecule has 0 aliphatic carbocycles. The van der Waals surface area contributed by atoms with E-state index in [1.54, 1.807) is 0 Å². The topological polar surface area (TPSA) is 25.0 Å². The standard InChI is InChI=1S/C11H10NO/c1-13-10-5-2-4-9(8-10)11-6-3-7-12-11/h2-8,12H,1H2. The van der Waals surface area contributed by atoms with Crippen LogP contribution in [-0.4, -0.2) is 4.98 Å². The maximum Gasteiger partial charge on any atom is 0.122 e. The SMILES string of the molecule is [CH2]Oc1cccc(-c2ccc[nH]2)c1. The molecule has 0 saturated carbocycles. The number of hydrogen-bond acceptors (Lipinski definition) is 1. The summed E-state index contributed by atoms with van der Waals surface area (Å²) in [5, 5.41) is 0. The number of hydrogen-bond donors (Lipinski definition) is 1. The van der Waals surface area contributed by atoms with Gasteiger partial charge in [0.2, 0.25) is 0 Å². The van der Waals surface area contributed by atoms with E-state index in [4.69, 9.17) is 4.74 Å². The fourth-order valence-corrected chi connectivity index (χ4v) is 1.26. The summed E-state index contributed by atoms with van der Waals surface area (Å²) in [4.78, 5) is 3.13. The highest BCUT2D eigenvalue weighted by atomic mass is 16.5. The summed E-state index contributed by atoms with van der Waals surface area (Å²) in [7, 11) is 3.37. The van der Waals surface area contributed by atoms with E-state index in [0.717, 1.165) is 17.0 Å². The summed E-state index contributed by atoms with van der Waals surface area (Å²) in [6.07, 6.45) is 1.90. The maximum absolute atomic E-state index is 4.89. The smallest absolute Gasteiger partial charge is 0.122 e. The number of H-pyrrole nitrogens is 1. The van der Waals surface area contributed by atoms with Crippen LogP contribution in [0.2, 0.25) is 0 Å². The first-order valence-corrected chi connectivity index (χ1v) is 4.06. The van der Waals surface area contributed by atoms with E-state index in [-0.39, 0.29) is 0 Å². The van der Waals surface area contributed by atoms with E-state index < -0.39 is 0 Å². The van der Waals surface area contributed by atoms with Gasteiger partial charge in [-0.3, -0.25) is 0 Å². The molecule has 0 bridgehead atoms. The molecule has 0 aliphatic rings. The van der Waals surface area contributed by atoms with Crippen molar-refractivity contribution in [2.24, 2.45) is 0 Å². The highest BCUT2D eigenvalue weighted by Crippen LogP contribution is 2.21. The lowest BCUT2D eigenvalue weighted by Gasteiger charge is -2.01. The Kier molecular flexibility index (Phi) is 2.04. The molecule has 2 heteroatoms. The molecule has 0 spiro atoms. The van der Waals surface area contributed by atoms with Crippen molar-refractivity contribution in [1.29, 1.82) is 0 Å². The van der Waals surface area contributed by atoms with Gasteiger partial charge in [0.15, 0.2) is 0 Å². The van der Waals surface area contributed by atoms with Crippen LogP contribution in [0.5, 0.6) is 5.75 Å². The van der Waals surface area contributed by atoms with Crippen LogP contribution in [0, 0.1) is 7.11 Å². The van der Waals surface area contributed by atoms with Gasteiger partial charge in [-0.25, -0.2) is 0 Å². The first-order valence-electron chi connectivity index (χ1n) is 4.06. The maximum atomic E-state index is 4.89. The Bertz CT molecular complexity index is 379. The number of benzene rings is 1. The zero-order chi connectivity index (χ0) is 9.10. The Balaban J connectivity index is 2.41. The van der Waals surface area contributed by atoms with Gasteiger partial charge in [0, 0.05) is 17.5 Å². The molecule has 0 saturated heterocycles. The zero-order valence-electron chi connectivity index (χ0n) is 7.16. The number of ether oxygens (including phenoxy) is 1. The Morgan fingerprint density at radius 1 is 1.15 bits per heavy atom. The quantitative estimate of drug-likeness (QED) is 0.740. The summed E-state index contributed by atoms with van der Waals surface area (Å²) >= 11 is 0. The molecule has 2 aromatic rings. The second-order valence-electron chi connectivity index (χ2n) is 2.76. The molecule has 1 N–H and O–H groups in total. The predicted molar refractivity (Wildman–Crippen MR) is 52.2 cm³/mol. The number of aromatic amines is 1.